The van der Waals surface area contributed by atoms with Crippen LogP contribution in [0.1, 0.15) is 5.56 Å². The van der Waals surface area contributed by atoms with Crippen LogP contribution in [0.15, 0.2) is 67.0 Å². The van der Waals surface area contributed by atoms with Gasteiger partial charge in [0.05, 0.1) is 11.8 Å². The second-order valence-electron chi connectivity index (χ2n) is 7.13. The van der Waals surface area contributed by atoms with Gasteiger partial charge in [-0.3, -0.25) is 14.9 Å². The summed E-state index contributed by atoms with van der Waals surface area (Å²) in [5.41, 5.74) is 0.976. The standard InChI is InChI=1S/C23H22N4O4S/c1-27(20-14-21(25-15-24-20)31-18-5-3-2-4-6-18)11-12-30-17-9-7-16(8-10-17)13-19-22(28)26-23(29)32-19/h2-10,14-15,19H,11-13H2,1H3,(H,26,28,29). The Labute approximate surface area is 190 Å². The van der Waals surface area contributed by atoms with Gasteiger partial charge in [0.2, 0.25) is 11.8 Å². The van der Waals surface area contributed by atoms with E-state index in [4.69, 9.17) is 9.47 Å². The van der Waals surface area contributed by atoms with E-state index in [1.165, 1.54) is 6.33 Å². The Kier molecular flexibility index (Phi) is 6.86. The third kappa shape index (κ3) is 5.76. The molecule has 0 radical (unpaired) electrons. The van der Waals surface area contributed by atoms with Crippen LogP contribution in [0.4, 0.5) is 10.6 Å². The number of rotatable bonds is 9. The number of ether oxygens (including phenoxy) is 2. The fourth-order valence-corrected chi connectivity index (χ4v) is 3.94. The molecule has 0 saturated carbocycles. The SMILES string of the molecule is CN(CCOc1ccc(CC2SC(=O)NC2=O)cc1)c1cc(Oc2ccccc2)ncn1. The van der Waals surface area contributed by atoms with Crippen LogP contribution in [0, 0.1) is 0 Å². The van der Waals surface area contributed by atoms with Crippen LogP contribution in [0.3, 0.4) is 0 Å². The number of hydrogen-bond acceptors (Lipinski definition) is 8. The Bertz CT molecular complexity index is 1080. The first-order valence-corrected chi connectivity index (χ1v) is 10.9. The minimum atomic E-state index is -0.369. The summed E-state index contributed by atoms with van der Waals surface area (Å²) in [6.07, 6.45) is 1.98. The molecule has 1 atom stereocenters. The molecule has 0 bridgehead atoms. The number of anilines is 1. The molecular weight excluding hydrogens is 428 g/mol. The fraction of sp³-hybridized carbons (Fsp3) is 0.217. The van der Waals surface area contributed by atoms with Gasteiger partial charge in [0, 0.05) is 13.1 Å². The molecule has 2 aromatic carbocycles. The van der Waals surface area contributed by atoms with E-state index in [0.29, 0.717) is 31.2 Å². The minimum absolute atomic E-state index is 0.231. The molecule has 1 N–H and O–H groups in total. The summed E-state index contributed by atoms with van der Waals surface area (Å²) in [5, 5.41) is 1.65. The summed E-state index contributed by atoms with van der Waals surface area (Å²) in [6, 6.07) is 18.8. The van der Waals surface area contributed by atoms with Gasteiger partial charge in [0.25, 0.3) is 5.24 Å². The zero-order valence-corrected chi connectivity index (χ0v) is 18.2. The number of para-hydroxylation sites is 1. The zero-order chi connectivity index (χ0) is 22.3. The van der Waals surface area contributed by atoms with E-state index in [-0.39, 0.29) is 16.4 Å². The molecule has 1 aromatic heterocycles. The van der Waals surface area contributed by atoms with Gasteiger partial charge in [-0.05, 0) is 36.2 Å². The molecule has 4 rings (SSSR count). The van der Waals surface area contributed by atoms with Crippen LogP contribution in [0.2, 0.25) is 0 Å². The molecule has 1 aliphatic rings. The maximum atomic E-state index is 11.7. The molecule has 1 unspecified atom stereocenters. The molecule has 8 nitrogen and oxygen atoms in total. The maximum absolute atomic E-state index is 11.7. The molecule has 2 heterocycles. The summed E-state index contributed by atoms with van der Waals surface area (Å²) in [5.74, 6) is 2.42. The number of carbonyl (C=O) groups is 2. The van der Waals surface area contributed by atoms with E-state index in [2.05, 4.69) is 15.3 Å². The summed E-state index contributed by atoms with van der Waals surface area (Å²) in [7, 11) is 1.92. The van der Waals surface area contributed by atoms with Crippen molar-refractivity contribution in [1.82, 2.24) is 15.3 Å². The lowest BCUT2D eigenvalue weighted by Gasteiger charge is -2.18. The van der Waals surface area contributed by atoms with Gasteiger partial charge in [0.1, 0.15) is 30.3 Å². The summed E-state index contributed by atoms with van der Waals surface area (Å²) in [6.45, 7) is 1.08. The molecule has 164 valence electrons. The Morgan fingerprint density at radius 3 is 2.53 bits per heavy atom. The van der Waals surface area contributed by atoms with Crippen molar-refractivity contribution in [3.05, 3.63) is 72.6 Å². The zero-order valence-electron chi connectivity index (χ0n) is 17.4. The number of amides is 2. The van der Waals surface area contributed by atoms with E-state index in [1.807, 2.05) is 66.5 Å². The van der Waals surface area contributed by atoms with Gasteiger partial charge in [0.15, 0.2) is 0 Å². The Hall–Kier alpha value is -3.59. The van der Waals surface area contributed by atoms with Crippen LogP contribution in [-0.4, -0.2) is 46.6 Å². The maximum Gasteiger partial charge on any atom is 0.286 e. The molecule has 1 saturated heterocycles. The second-order valence-corrected chi connectivity index (χ2v) is 8.31. The van der Waals surface area contributed by atoms with Crippen molar-refractivity contribution < 1.29 is 19.1 Å². The van der Waals surface area contributed by atoms with Gasteiger partial charge in [-0.15, -0.1) is 0 Å². The Morgan fingerprint density at radius 1 is 1.03 bits per heavy atom. The predicted octanol–water partition coefficient (Wildman–Crippen LogP) is 3.68. The van der Waals surface area contributed by atoms with Crippen LogP contribution >= 0.6 is 11.8 Å². The Morgan fingerprint density at radius 2 is 1.81 bits per heavy atom. The smallest absolute Gasteiger partial charge is 0.286 e. The molecular formula is C23H22N4O4S. The first-order valence-electron chi connectivity index (χ1n) is 10.1. The summed E-state index contributed by atoms with van der Waals surface area (Å²) >= 11 is 1.03. The number of imide groups is 1. The van der Waals surface area contributed by atoms with Crippen molar-refractivity contribution in [2.75, 3.05) is 25.1 Å². The van der Waals surface area contributed by atoms with Gasteiger partial charge >= 0.3 is 0 Å². The molecule has 0 spiro atoms. The quantitative estimate of drug-likeness (QED) is 0.528. The topological polar surface area (TPSA) is 93.7 Å². The molecule has 3 aromatic rings. The normalized spacial score (nSPS) is 15.3. The average Bonchev–Trinajstić information content (AvgIpc) is 3.12. The Balaban J connectivity index is 1.26. The average molecular weight is 451 g/mol. The molecule has 9 heteroatoms. The third-order valence-corrected chi connectivity index (χ3v) is 5.77. The van der Waals surface area contributed by atoms with Crippen molar-refractivity contribution in [2.24, 2.45) is 0 Å². The number of hydrogen-bond donors (Lipinski definition) is 1. The number of thioether (sulfide) groups is 1. The van der Waals surface area contributed by atoms with Crippen molar-refractivity contribution in [2.45, 2.75) is 11.7 Å². The van der Waals surface area contributed by atoms with Crippen LogP contribution in [0.25, 0.3) is 0 Å². The number of aromatic nitrogens is 2. The highest BCUT2D eigenvalue weighted by Crippen LogP contribution is 2.24. The number of nitrogens with one attached hydrogen (secondary N) is 1. The van der Waals surface area contributed by atoms with Crippen LogP contribution in [0.5, 0.6) is 17.4 Å². The minimum Gasteiger partial charge on any atom is -0.492 e. The monoisotopic (exact) mass is 450 g/mol. The molecule has 0 aliphatic carbocycles. The van der Waals surface area contributed by atoms with E-state index >= 15 is 0 Å². The number of carbonyl (C=O) groups excluding carboxylic acids is 2. The largest absolute Gasteiger partial charge is 0.492 e. The van der Waals surface area contributed by atoms with Gasteiger partial charge in [-0.25, -0.2) is 9.97 Å². The summed E-state index contributed by atoms with van der Waals surface area (Å²) < 4.78 is 11.6. The fourth-order valence-electron chi connectivity index (χ4n) is 3.08. The number of likely N-dealkylation sites (N-methyl/N-ethyl adjacent to an activating group) is 1. The molecule has 32 heavy (non-hydrogen) atoms. The first kappa shape index (κ1) is 21.6. The van der Waals surface area contributed by atoms with E-state index in [9.17, 15) is 9.59 Å². The van der Waals surface area contributed by atoms with E-state index < -0.39 is 0 Å². The van der Waals surface area contributed by atoms with E-state index in [0.717, 1.165) is 28.9 Å². The lowest BCUT2D eigenvalue weighted by Crippen LogP contribution is -2.25. The molecule has 1 aliphatic heterocycles. The van der Waals surface area contributed by atoms with Gasteiger partial charge in [-0.1, -0.05) is 42.1 Å². The van der Waals surface area contributed by atoms with E-state index in [1.54, 1.807) is 6.07 Å². The van der Waals surface area contributed by atoms with Crippen molar-refractivity contribution >= 4 is 28.7 Å². The highest BCUT2D eigenvalue weighted by Gasteiger charge is 2.31. The predicted molar refractivity (Wildman–Crippen MR) is 122 cm³/mol. The van der Waals surface area contributed by atoms with Gasteiger partial charge in [-0.2, -0.15) is 0 Å². The van der Waals surface area contributed by atoms with Crippen molar-refractivity contribution in [3.8, 4) is 17.4 Å². The third-order valence-electron chi connectivity index (χ3n) is 4.79. The van der Waals surface area contributed by atoms with Crippen LogP contribution in [-0.2, 0) is 11.2 Å². The molecule has 2 amide bonds. The van der Waals surface area contributed by atoms with Crippen molar-refractivity contribution in [3.63, 3.8) is 0 Å². The number of benzene rings is 2. The first-order chi connectivity index (χ1) is 15.6. The highest BCUT2D eigenvalue weighted by atomic mass is 32.2. The summed E-state index contributed by atoms with van der Waals surface area (Å²) in [4.78, 5) is 33.4. The van der Waals surface area contributed by atoms with Gasteiger partial charge < -0.3 is 14.4 Å². The van der Waals surface area contributed by atoms with Crippen molar-refractivity contribution in [1.29, 1.82) is 0 Å². The van der Waals surface area contributed by atoms with Crippen LogP contribution < -0.4 is 19.7 Å². The lowest BCUT2D eigenvalue weighted by atomic mass is 10.1. The number of nitrogens with zero attached hydrogens (tertiary/aromatic N) is 3. The second kappa shape index (κ2) is 10.1. The lowest BCUT2D eigenvalue weighted by molar-refractivity contribution is -0.118. The highest BCUT2D eigenvalue weighted by molar-refractivity contribution is 8.15. The molecule has 1 fully saturated rings.